The van der Waals surface area contributed by atoms with Gasteiger partial charge < -0.3 is 0 Å². The van der Waals surface area contributed by atoms with Gasteiger partial charge in [-0.05, 0) is 20.1 Å². The topological polar surface area (TPSA) is 70.6 Å². The molecule has 1 saturated heterocycles. The molecule has 2 N–H and O–H groups in total. The van der Waals surface area contributed by atoms with Crippen LogP contribution in [-0.4, -0.2) is 35.3 Å². The molecule has 0 atom stereocenters. The summed E-state index contributed by atoms with van der Waals surface area (Å²) in [4.78, 5) is 25.6. The van der Waals surface area contributed by atoms with Crippen molar-refractivity contribution in [2.24, 2.45) is 4.99 Å². The predicted molar refractivity (Wildman–Crippen MR) is 56.2 cm³/mol. The summed E-state index contributed by atoms with van der Waals surface area (Å²) >= 11 is 1.68. The molecule has 6 heteroatoms. The number of nitrogens with one attached hydrogen (secondary N) is 2. The van der Waals surface area contributed by atoms with E-state index in [1.807, 2.05) is 20.1 Å². The first-order valence-corrected chi connectivity index (χ1v) is 5.39. The van der Waals surface area contributed by atoms with Crippen molar-refractivity contribution < 1.29 is 9.59 Å². The second-order valence-corrected chi connectivity index (χ2v) is 5.05. The lowest BCUT2D eigenvalue weighted by molar-refractivity contribution is -0.135. The van der Waals surface area contributed by atoms with Crippen LogP contribution < -0.4 is 10.6 Å². The molecule has 0 aliphatic carbocycles. The minimum absolute atomic E-state index is 0.00501. The highest BCUT2D eigenvalue weighted by molar-refractivity contribution is 7.99. The van der Waals surface area contributed by atoms with Crippen LogP contribution in [0.1, 0.15) is 13.8 Å². The Labute approximate surface area is 86.7 Å². The molecule has 5 nitrogen and oxygen atoms in total. The second-order valence-electron chi connectivity index (χ2n) is 3.54. The van der Waals surface area contributed by atoms with Crippen LogP contribution >= 0.6 is 11.8 Å². The van der Waals surface area contributed by atoms with Crippen molar-refractivity contribution in [3.8, 4) is 0 Å². The highest BCUT2D eigenvalue weighted by Crippen LogP contribution is 2.20. The number of guanidine groups is 1. The molecule has 0 aromatic carbocycles. The highest BCUT2D eigenvalue weighted by Gasteiger charge is 2.25. The zero-order valence-electron chi connectivity index (χ0n) is 8.38. The van der Waals surface area contributed by atoms with Gasteiger partial charge in [-0.2, -0.15) is 11.8 Å². The van der Waals surface area contributed by atoms with Gasteiger partial charge in [-0.1, -0.05) is 0 Å². The molecule has 0 unspecified atom stereocenters. The van der Waals surface area contributed by atoms with Gasteiger partial charge in [0, 0.05) is 4.75 Å². The van der Waals surface area contributed by atoms with Gasteiger partial charge in [0.1, 0.15) is 0 Å². The van der Waals surface area contributed by atoms with Gasteiger partial charge in [0.15, 0.2) is 0 Å². The summed E-state index contributed by atoms with van der Waals surface area (Å²) in [7, 11) is 0. The van der Waals surface area contributed by atoms with E-state index in [-0.39, 0.29) is 10.7 Å². The molecule has 2 amide bonds. The van der Waals surface area contributed by atoms with Crippen LogP contribution in [0, 0.1) is 0 Å². The Morgan fingerprint density at radius 2 is 1.79 bits per heavy atom. The average molecular weight is 215 g/mol. The van der Waals surface area contributed by atoms with Crippen molar-refractivity contribution >= 4 is 29.5 Å². The SMILES string of the molecule is CSC(C)(C)CN=C1NC(=O)C(=O)N1. The maximum absolute atomic E-state index is 10.8. The van der Waals surface area contributed by atoms with E-state index in [1.165, 1.54) is 0 Å². The fourth-order valence-electron chi connectivity index (χ4n) is 0.773. The molecule has 0 spiro atoms. The van der Waals surface area contributed by atoms with Crippen LogP contribution in [0.25, 0.3) is 0 Å². The Hall–Kier alpha value is -1.04. The van der Waals surface area contributed by atoms with Gasteiger partial charge in [-0.3, -0.25) is 25.2 Å². The number of aliphatic imine (C=N–C) groups is 1. The van der Waals surface area contributed by atoms with E-state index in [9.17, 15) is 9.59 Å². The van der Waals surface area contributed by atoms with Crippen LogP contribution in [0.3, 0.4) is 0 Å². The fourth-order valence-corrected chi connectivity index (χ4v) is 0.967. The molecule has 1 aliphatic heterocycles. The van der Waals surface area contributed by atoms with Crippen molar-refractivity contribution in [2.75, 3.05) is 12.8 Å². The molecule has 1 rings (SSSR count). The van der Waals surface area contributed by atoms with Gasteiger partial charge in [-0.25, -0.2) is 0 Å². The van der Waals surface area contributed by atoms with Crippen LogP contribution in [0.5, 0.6) is 0 Å². The summed E-state index contributed by atoms with van der Waals surface area (Å²) in [5, 5.41) is 4.68. The quantitative estimate of drug-likeness (QED) is 0.637. The summed E-state index contributed by atoms with van der Waals surface area (Å²) in [6, 6.07) is 0. The largest absolute Gasteiger partial charge is 0.316 e. The number of rotatable bonds is 3. The lowest BCUT2D eigenvalue weighted by Crippen LogP contribution is -2.29. The first-order valence-electron chi connectivity index (χ1n) is 4.16. The molecular weight excluding hydrogens is 202 g/mol. The van der Waals surface area contributed by atoms with Crippen LogP contribution in [0.2, 0.25) is 0 Å². The number of amides is 2. The van der Waals surface area contributed by atoms with E-state index < -0.39 is 11.8 Å². The fraction of sp³-hybridized carbons (Fsp3) is 0.625. The summed E-state index contributed by atoms with van der Waals surface area (Å²) in [6.45, 7) is 4.63. The first kappa shape index (κ1) is 11.0. The molecule has 14 heavy (non-hydrogen) atoms. The third-order valence-electron chi connectivity index (χ3n) is 1.84. The number of hydrogen-bond donors (Lipinski definition) is 2. The van der Waals surface area contributed by atoms with Crippen molar-refractivity contribution in [3.63, 3.8) is 0 Å². The Balaban J connectivity index is 2.56. The van der Waals surface area contributed by atoms with Gasteiger partial charge >= 0.3 is 11.8 Å². The standard InChI is InChI=1S/C8H13N3O2S/c1-8(2,14-3)4-9-7-10-5(12)6(13)11-7/h4H2,1-3H3,(H2,9,10,11,12,13). The van der Waals surface area contributed by atoms with Crippen LogP contribution in [0.15, 0.2) is 4.99 Å². The molecule has 0 aromatic heterocycles. The van der Waals surface area contributed by atoms with Crippen LogP contribution in [0.4, 0.5) is 0 Å². The summed E-state index contributed by atoms with van der Waals surface area (Å²) in [6.07, 6.45) is 1.99. The van der Waals surface area contributed by atoms with Crippen LogP contribution in [-0.2, 0) is 9.59 Å². The molecule has 0 aromatic rings. The van der Waals surface area contributed by atoms with Gasteiger partial charge in [0.25, 0.3) is 0 Å². The van der Waals surface area contributed by atoms with Crippen molar-refractivity contribution in [3.05, 3.63) is 0 Å². The second kappa shape index (κ2) is 4.00. The van der Waals surface area contributed by atoms with Crippen molar-refractivity contribution in [2.45, 2.75) is 18.6 Å². The Morgan fingerprint density at radius 1 is 1.29 bits per heavy atom. The molecule has 0 saturated carbocycles. The molecule has 1 fully saturated rings. The Bertz CT molecular complexity index is 281. The minimum atomic E-state index is -0.647. The first-order chi connectivity index (χ1) is 6.44. The molecular formula is C8H13N3O2S. The molecule has 0 bridgehead atoms. The van der Waals surface area contributed by atoms with Crippen molar-refractivity contribution in [1.82, 2.24) is 10.6 Å². The minimum Gasteiger partial charge on any atom is -0.288 e. The average Bonchev–Trinajstić information content (AvgIpc) is 2.44. The number of thioether (sulfide) groups is 1. The maximum atomic E-state index is 10.8. The molecule has 1 heterocycles. The maximum Gasteiger partial charge on any atom is 0.316 e. The monoisotopic (exact) mass is 215 g/mol. The predicted octanol–water partition coefficient (Wildman–Crippen LogP) is -0.270. The van der Waals surface area contributed by atoms with Gasteiger partial charge in [0.2, 0.25) is 5.96 Å². The molecule has 78 valence electrons. The summed E-state index contributed by atoms with van der Waals surface area (Å²) in [5.41, 5.74) is 0. The molecule has 1 aliphatic rings. The third-order valence-corrected chi connectivity index (χ3v) is 3.07. The summed E-state index contributed by atoms with van der Waals surface area (Å²) in [5.74, 6) is -1.04. The van der Waals surface area contributed by atoms with E-state index in [1.54, 1.807) is 11.8 Å². The smallest absolute Gasteiger partial charge is 0.288 e. The lowest BCUT2D eigenvalue weighted by atomic mass is 10.2. The van der Waals surface area contributed by atoms with E-state index >= 15 is 0 Å². The van der Waals surface area contributed by atoms with Crippen molar-refractivity contribution in [1.29, 1.82) is 0 Å². The normalized spacial score (nSPS) is 16.6. The Kier molecular flexibility index (Phi) is 3.15. The zero-order chi connectivity index (χ0) is 10.8. The Morgan fingerprint density at radius 3 is 2.21 bits per heavy atom. The number of hydrogen-bond acceptors (Lipinski definition) is 4. The molecule has 0 radical (unpaired) electrons. The number of carbonyl (C=O) groups is 2. The lowest BCUT2D eigenvalue weighted by Gasteiger charge is -2.18. The number of carbonyl (C=O) groups excluding carboxylic acids is 2. The summed E-state index contributed by atoms with van der Waals surface area (Å²) < 4.78 is 0.00501. The van der Waals surface area contributed by atoms with Gasteiger partial charge in [0.05, 0.1) is 6.54 Å². The highest BCUT2D eigenvalue weighted by atomic mass is 32.2. The van der Waals surface area contributed by atoms with E-state index in [0.717, 1.165) is 0 Å². The van der Waals surface area contributed by atoms with E-state index in [4.69, 9.17) is 0 Å². The number of nitrogens with zero attached hydrogens (tertiary/aromatic N) is 1. The van der Waals surface area contributed by atoms with Gasteiger partial charge in [-0.15, -0.1) is 0 Å². The van der Waals surface area contributed by atoms with E-state index in [2.05, 4.69) is 15.6 Å². The van der Waals surface area contributed by atoms with E-state index in [0.29, 0.717) is 6.54 Å². The zero-order valence-corrected chi connectivity index (χ0v) is 9.20. The third kappa shape index (κ3) is 2.73.